The third-order valence-electron chi connectivity index (χ3n) is 4.37. The molecule has 2 amide bonds. The predicted molar refractivity (Wildman–Crippen MR) is 127 cm³/mol. The van der Waals surface area contributed by atoms with Gasteiger partial charge in [-0.2, -0.15) is 0 Å². The molecule has 0 fully saturated rings. The number of hydrogen-bond donors (Lipinski definition) is 3. The number of carbonyl (C=O) groups excluding carboxylic acids is 4. The second-order valence-electron chi connectivity index (χ2n) is 6.89. The van der Waals surface area contributed by atoms with Gasteiger partial charge >= 0.3 is 41.2 Å². The van der Waals surface area contributed by atoms with Crippen molar-refractivity contribution in [2.24, 2.45) is 0 Å². The van der Waals surface area contributed by atoms with E-state index in [9.17, 15) is 38.7 Å². The predicted octanol–water partition coefficient (Wildman–Crippen LogP) is -2.93. The van der Waals surface area contributed by atoms with Gasteiger partial charge in [-0.25, -0.2) is 47.3 Å². The fourth-order valence-corrected chi connectivity index (χ4v) is 2.65. The Morgan fingerprint density at radius 3 is 1.37 bits per heavy atom. The zero-order chi connectivity index (χ0) is 28.5. The lowest BCUT2D eigenvalue weighted by molar-refractivity contribution is -0.138. The fourth-order valence-electron chi connectivity index (χ4n) is 2.65. The molecule has 0 radical (unpaired) electrons. The number of amides is 2. The molecular weight excluding hydrogens is 514 g/mol. The molecule has 1 aromatic rings. The summed E-state index contributed by atoms with van der Waals surface area (Å²) in [5.41, 5.74) is -3.15. The van der Waals surface area contributed by atoms with E-state index in [0.717, 1.165) is 12.2 Å². The van der Waals surface area contributed by atoms with Crippen LogP contribution >= 0.6 is 0 Å². The van der Waals surface area contributed by atoms with Crippen molar-refractivity contribution in [2.45, 2.75) is 19.6 Å². The van der Waals surface area contributed by atoms with Crippen LogP contribution in [-0.2, 0) is 48.2 Å². The molecule has 1 heterocycles. The summed E-state index contributed by atoms with van der Waals surface area (Å²) < 4.78 is 20.9. The summed E-state index contributed by atoms with van der Waals surface area (Å²) >= 11 is 0. The van der Waals surface area contributed by atoms with E-state index in [1.807, 2.05) is 0 Å². The number of hydrogen-bond acceptors (Lipinski definition) is 12. The van der Waals surface area contributed by atoms with Crippen molar-refractivity contribution in [3.8, 4) is 0 Å². The van der Waals surface area contributed by atoms with Gasteiger partial charge in [-0.05, 0) is 0 Å². The molecule has 0 aliphatic rings. The minimum Gasteiger partial charge on any atom is -0.461 e. The van der Waals surface area contributed by atoms with Crippen molar-refractivity contribution in [3.05, 3.63) is 56.8 Å². The number of nitrogens with one attached hydrogen (secondary N) is 2. The number of esters is 2. The minimum atomic E-state index is -1.06. The average Bonchev–Trinajstić information content (AvgIpc) is 2.90. The third kappa shape index (κ3) is 10.5. The van der Waals surface area contributed by atoms with Gasteiger partial charge in [0.2, 0.25) is 0 Å². The van der Waals surface area contributed by atoms with Gasteiger partial charge < -0.3 is 34.7 Å². The molecule has 0 atom stereocenters. The van der Waals surface area contributed by atoms with Gasteiger partial charge in [0.1, 0.15) is 26.4 Å². The van der Waals surface area contributed by atoms with Crippen molar-refractivity contribution in [2.75, 3.05) is 46.1 Å². The van der Waals surface area contributed by atoms with Crippen LogP contribution in [0.4, 0.5) is 9.59 Å². The Kier molecular flexibility index (Phi) is 13.9. The molecule has 0 saturated heterocycles. The van der Waals surface area contributed by atoms with Crippen molar-refractivity contribution >= 4 is 24.1 Å². The van der Waals surface area contributed by atoms with Crippen molar-refractivity contribution < 1.29 is 43.2 Å². The molecule has 0 unspecified atom stereocenters. The van der Waals surface area contributed by atoms with Crippen molar-refractivity contribution in [1.82, 2.24) is 24.3 Å². The maximum Gasteiger partial charge on any atom is 0.407 e. The number of rotatable bonds is 16. The molecule has 3 N–H and O–H groups in total. The van der Waals surface area contributed by atoms with Gasteiger partial charge in [-0.3, -0.25) is 0 Å². The molecule has 17 nitrogen and oxygen atoms in total. The molecule has 0 spiro atoms. The molecule has 0 aliphatic heterocycles. The number of nitrogens with zero attached hydrogens (tertiary/aromatic N) is 3. The number of aliphatic hydroxyl groups is 1. The van der Waals surface area contributed by atoms with E-state index in [0.29, 0.717) is 13.7 Å². The SMILES string of the molecule is C=CC(=O)OCCNC(=O)OCCn1c(=O)n(CCO)c(=O)n(CCOC(=O)NCCOC(=O)C=C)c1=O. The van der Waals surface area contributed by atoms with E-state index < -0.39 is 80.6 Å². The largest absolute Gasteiger partial charge is 0.461 e. The van der Waals surface area contributed by atoms with E-state index in [2.05, 4.69) is 33.3 Å². The highest BCUT2D eigenvalue weighted by molar-refractivity contribution is 5.81. The molecule has 1 rings (SSSR count). The van der Waals surface area contributed by atoms with E-state index in [1.54, 1.807) is 0 Å². The summed E-state index contributed by atoms with van der Waals surface area (Å²) in [6.45, 7) is 3.24. The van der Waals surface area contributed by atoms with Crippen LogP contribution in [0.1, 0.15) is 0 Å². The van der Waals surface area contributed by atoms with Crippen LogP contribution in [0.2, 0.25) is 0 Å². The number of aliphatic hydroxyl groups excluding tert-OH is 1. The third-order valence-corrected chi connectivity index (χ3v) is 4.37. The number of aromatic nitrogens is 3. The lowest BCUT2D eigenvalue weighted by Crippen LogP contribution is -2.55. The highest BCUT2D eigenvalue weighted by atomic mass is 16.6. The smallest absolute Gasteiger partial charge is 0.407 e. The molecule has 17 heteroatoms. The topological polar surface area (TPSA) is 215 Å². The van der Waals surface area contributed by atoms with Crippen LogP contribution in [-0.4, -0.2) is 89.1 Å². The molecule has 0 aliphatic carbocycles. The molecule has 0 saturated carbocycles. The number of alkyl carbamates (subject to hydrolysis) is 2. The summed E-state index contributed by atoms with van der Waals surface area (Å²) in [6, 6.07) is 0. The summed E-state index contributed by atoms with van der Waals surface area (Å²) in [5.74, 6) is -1.35. The Hall–Kier alpha value is -4.67. The highest BCUT2D eigenvalue weighted by Gasteiger charge is 2.16. The van der Waals surface area contributed by atoms with Crippen molar-refractivity contribution in [1.29, 1.82) is 0 Å². The number of ether oxygens (including phenoxy) is 4. The summed E-state index contributed by atoms with van der Waals surface area (Å²) in [5, 5.41) is 13.8. The first-order valence-electron chi connectivity index (χ1n) is 11.1. The molecule has 0 bridgehead atoms. The Balaban J connectivity index is 2.75. The Labute approximate surface area is 214 Å². The molecule has 1 aromatic heterocycles. The molecule has 38 heavy (non-hydrogen) atoms. The second-order valence-corrected chi connectivity index (χ2v) is 6.89. The van der Waals surface area contributed by atoms with Gasteiger partial charge in [0.15, 0.2) is 0 Å². The molecular formula is C21H29N5O12. The van der Waals surface area contributed by atoms with E-state index in [-0.39, 0.29) is 26.3 Å². The van der Waals surface area contributed by atoms with Crippen LogP contribution in [0.25, 0.3) is 0 Å². The van der Waals surface area contributed by atoms with Gasteiger partial charge in [0, 0.05) is 12.2 Å². The lowest BCUT2D eigenvalue weighted by Gasteiger charge is -2.14. The first-order valence-corrected chi connectivity index (χ1v) is 11.1. The monoisotopic (exact) mass is 543 g/mol. The normalized spacial score (nSPS) is 10.1. The molecule has 0 aromatic carbocycles. The minimum absolute atomic E-state index is 0.0693. The maximum atomic E-state index is 12.7. The highest BCUT2D eigenvalue weighted by Crippen LogP contribution is 1.86. The van der Waals surface area contributed by atoms with Gasteiger partial charge in [-0.15, -0.1) is 0 Å². The van der Waals surface area contributed by atoms with Crippen LogP contribution in [0.15, 0.2) is 39.7 Å². The zero-order valence-electron chi connectivity index (χ0n) is 20.4. The second kappa shape index (κ2) is 16.9. The van der Waals surface area contributed by atoms with Crippen LogP contribution < -0.4 is 27.7 Å². The Morgan fingerprint density at radius 1 is 0.658 bits per heavy atom. The van der Waals surface area contributed by atoms with Crippen LogP contribution in [0.3, 0.4) is 0 Å². The lowest BCUT2D eigenvalue weighted by atomic mass is 10.5. The first kappa shape index (κ1) is 31.4. The Morgan fingerprint density at radius 2 is 1.03 bits per heavy atom. The Bertz CT molecular complexity index is 1100. The standard InChI is InChI=1S/C21H29N5O12/c1-3-15(28)35-11-5-22-17(30)37-13-8-25-19(32)24(7-10-27)20(33)26(21(25)34)9-14-38-18(31)23-6-12-36-16(29)4-2/h3-4,27H,1-2,5-14H2,(H,22,30)(H,23,31). The van der Waals surface area contributed by atoms with Crippen molar-refractivity contribution in [3.63, 3.8) is 0 Å². The van der Waals surface area contributed by atoms with Gasteiger partial charge in [0.25, 0.3) is 0 Å². The molecule has 210 valence electrons. The van der Waals surface area contributed by atoms with E-state index >= 15 is 0 Å². The van der Waals surface area contributed by atoms with Gasteiger partial charge in [0.05, 0.1) is 39.3 Å². The van der Waals surface area contributed by atoms with Crippen LogP contribution in [0.5, 0.6) is 0 Å². The van der Waals surface area contributed by atoms with E-state index in [4.69, 9.17) is 9.47 Å². The maximum absolute atomic E-state index is 12.7. The first-order chi connectivity index (χ1) is 18.2. The quantitative estimate of drug-likeness (QED) is 0.0827. The summed E-state index contributed by atoms with van der Waals surface area (Å²) in [6.07, 6.45) is 0.0597. The summed E-state index contributed by atoms with van der Waals surface area (Å²) in [7, 11) is 0. The summed E-state index contributed by atoms with van der Waals surface area (Å²) in [4.78, 5) is 83.2. The number of carbonyl (C=O) groups is 4. The fraction of sp³-hybridized carbons (Fsp3) is 0.476. The van der Waals surface area contributed by atoms with E-state index in [1.165, 1.54) is 0 Å². The van der Waals surface area contributed by atoms with Gasteiger partial charge in [-0.1, -0.05) is 13.2 Å². The zero-order valence-corrected chi connectivity index (χ0v) is 20.4. The average molecular weight is 543 g/mol. The van der Waals surface area contributed by atoms with Crippen LogP contribution in [0, 0.1) is 0 Å².